The minimum atomic E-state index is -0.980. The number of phenols is 1. The molecule has 5 heteroatoms. The summed E-state index contributed by atoms with van der Waals surface area (Å²) in [6.07, 6.45) is 2.99. The summed E-state index contributed by atoms with van der Waals surface area (Å²) in [6, 6.07) is 4.00. The number of carbonyl (C=O) groups is 2. The Morgan fingerprint density at radius 2 is 2.00 bits per heavy atom. The predicted molar refractivity (Wildman–Crippen MR) is 73.8 cm³/mol. The first-order chi connectivity index (χ1) is 9.50. The Hall–Kier alpha value is -2.04. The van der Waals surface area contributed by atoms with E-state index in [9.17, 15) is 19.8 Å². The van der Waals surface area contributed by atoms with Gasteiger partial charge in [0.25, 0.3) is 5.91 Å². The van der Waals surface area contributed by atoms with Gasteiger partial charge >= 0.3 is 5.97 Å². The van der Waals surface area contributed by atoms with Gasteiger partial charge in [-0.15, -0.1) is 0 Å². The molecule has 1 aliphatic heterocycles. The maximum atomic E-state index is 12.5. The molecular weight excluding hydrogens is 258 g/mol. The van der Waals surface area contributed by atoms with Crippen molar-refractivity contribution < 1.29 is 19.8 Å². The lowest BCUT2D eigenvalue weighted by Crippen LogP contribution is -2.44. The molecular formula is C15H19NO4. The molecule has 1 fully saturated rings. The van der Waals surface area contributed by atoms with E-state index in [4.69, 9.17) is 0 Å². The van der Waals surface area contributed by atoms with Gasteiger partial charge in [-0.05, 0) is 37.5 Å². The van der Waals surface area contributed by atoms with Crippen LogP contribution in [0.4, 0.5) is 0 Å². The molecule has 0 aliphatic carbocycles. The second-order valence-corrected chi connectivity index (χ2v) is 5.22. The molecule has 108 valence electrons. The number of phenolic OH excluding ortho intramolecular Hbond substituents is 1. The maximum absolute atomic E-state index is 12.5. The molecule has 1 atom stereocenters. The molecule has 1 aliphatic rings. The third kappa shape index (κ3) is 2.92. The van der Waals surface area contributed by atoms with Gasteiger partial charge in [-0.3, -0.25) is 4.79 Å². The van der Waals surface area contributed by atoms with E-state index in [0.29, 0.717) is 13.0 Å². The van der Waals surface area contributed by atoms with E-state index in [1.54, 1.807) is 12.1 Å². The normalized spacial score (nSPS) is 19.4. The van der Waals surface area contributed by atoms with Crippen LogP contribution in [0.25, 0.3) is 0 Å². The highest BCUT2D eigenvalue weighted by Crippen LogP contribution is 2.24. The number of carboxylic acids is 1. The highest BCUT2D eigenvalue weighted by Gasteiger charge is 2.32. The summed E-state index contributed by atoms with van der Waals surface area (Å²) in [5.74, 6) is -1.48. The highest BCUT2D eigenvalue weighted by atomic mass is 16.4. The Labute approximate surface area is 117 Å². The minimum absolute atomic E-state index is 0.0941. The number of carbonyl (C=O) groups excluding carboxylic acids is 1. The van der Waals surface area contributed by atoms with Gasteiger partial charge in [-0.25, -0.2) is 4.79 Å². The van der Waals surface area contributed by atoms with Crippen LogP contribution in [0.1, 0.15) is 41.6 Å². The fourth-order valence-corrected chi connectivity index (χ4v) is 2.59. The first-order valence-electron chi connectivity index (χ1n) is 6.84. The van der Waals surface area contributed by atoms with Gasteiger partial charge in [0.1, 0.15) is 11.8 Å². The van der Waals surface area contributed by atoms with Crippen LogP contribution < -0.4 is 0 Å². The number of likely N-dealkylation sites (tertiary alicyclic amines) is 1. The average Bonchev–Trinajstić information content (AvgIpc) is 2.63. The topological polar surface area (TPSA) is 77.8 Å². The lowest BCUT2D eigenvalue weighted by atomic mass is 10.1. The second-order valence-electron chi connectivity index (χ2n) is 5.22. The van der Waals surface area contributed by atoms with Crippen molar-refractivity contribution in [3.05, 3.63) is 29.3 Å². The number of amides is 1. The first kappa shape index (κ1) is 14.4. The van der Waals surface area contributed by atoms with Gasteiger partial charge < -0.3 is 15.1 Å². The van der Waals surface area contributed by atoms with E-state index >= 15 is 0 Å². The van der Waals surface area contributed by atoms with Gasteiger partial charge in [-0.1, -0.05) is 18.9 Å². The van der Waals surface area contributed by atoms with Crippen molar-refractivity contribution in [1.82, 2.24) is 4.90 Å². The summed E-state index contributed by atoms with van der Waals surface area (Å²) in [4.78, 5) is 25.2. The molecule has 0 bridgehead atoms. The van der Waals surface area contributed by atoms with Gasteiger partial charge in [0.05, 0.1) is 5.56 Å². The Balaban J connectivity index is 2.31. The molecule has 2 N–H and O–H groups in total. The van der Waals surface area contributed by atoms with Crippen molar-refractivity contribution in [2.45, 2.75) is 38.6 Å². The zero-order chi connectivity index (χ0) is 14.7. The third-order valence-corrected chi connectivity index (χ3v) is 3.68. The Kier molecular flexibility index (Phi) is 4.27. The third-order valence-electron chi connectivity index (χ3n) is 3.68. The number of carboxylic acid groups (broad SMARTS) is 1. The zero-order valence-corrected chi connectivity index (χ0v) is 11.5. The molecule has 5 nitrogen and oxygen atoms in total. The maximum Gasteiger partial charge on any atom is 0.326 e. The van der Waals surface area contributed by atoms with Gasteiger partial charge in [0.2, 0.25) is 0 Å². The van der Waals surface area contributed by atoms with Gasteiger partial charge in [0.15, 0.2) is 0 Å². The minimum Gasteiger partial charge on any atom is -0.507 e. The number of aryl methyl sites for hydroxylation is 1. The van der Waals surface area contributed by atoms with Crippen LogP contribution in [0, 0.1) is 6.92 Å². The summed E-state index contributed by atoms with van der Waals surface area (Å²) in [7, 11) is 0. The number of nitrogens with zero attached hydrogens (tertiary/aromatic N) is 1. The molecule has 0 saturated carbocycles. The number of aromatic hydroxyl groups is 1. The lowest BCUT2D eigenvalue weighted by Gasteiger charge is -2.27. The van der Waals surface area contributed by atoms with Crippen molar-refractivity contribution in [2.75, 3.05) is 6.54 Å². The highest BCUT2D eigenvalue weighted by molar-refractivity contribution is 5.99. The molecule has 1 unspecified atom stereocenters. The van der Waals surface area contributed by atoms with E-state index < -0.39 is 17.9 Å². The van der Waals surface area contributed by atoms with Crippen LogP contribution >= 0.6 is 0 Å². The summed E-state index contributed by atoms with van der Waals surface area (Å²) >= 11 is 0. The SMILES string of the molecule is Cc1ccc(C(=O)N2CCCCCC2C(=O)O)c(O)c1. The number of rotatable bonds is 2. The number of hydrogen-bond acceptors (Lipinski definition) is 3. The van der Waals surface area contributed by atoms with Gasteiger partial charge in [0, 0.05) is 6.54 Å². The van der Waals surface area contributed by atoms with E-state index in [1.165, 1.54) is 11.0 Å². The molecule has 1 saturated heterocycles. The van der Waals surface area contributed by atoms with Crippen molar-refractivity contribution >= 4 is 11.9 Å². The predicted octanol–water partition coefficient (Wildman–Crippen LogP) is 2.17. The molecule has 20 heavy (non-hydrogen) atoms. The van der Waals surface area contributed by atoms with Crippen LogP contribution in [0.15, 0.2) is 18.2 Å². The molecule has 0 spiro atoms. The first-order valence-corrected chi connectivity index (χ1v) is 6.84. The molecule has 1 amide bonds. The molecule has 1 aromatic carbocycles. The Bertz CT molecular complexity index is 527. The standard InChI is InChI=1S/C15H19NO4/c1-10-6-7-11(13(17)9-10)14(18)16-8-4-2-3-5-12(16)15(19)20/h6-7,9,12,17H,2-5,8H2,1H3,(H,19,20). The Morgan fingerprint density at radius 1 is 1.25 bits per heavy atom. The van der Waals surface area contributed by atoms with Crippen LogP contribution in [0.3, 0.4) is 0 Å². The van der Waals surface area contributed by atoms with Crippen molar-refractivity contribution in [1.29, 1.82) is 0 Å². The average molecular weight is 277 g/mol. The summed E-state index contributed by atoms with van der Waals surface area (Å²) in [6.45, 7) is 2.24. The quantitative estimate of drug-likeness (QED) is 0.868. The number of benzene rings is 1. The summed E-state index contributed by atoms with van der Waals surface area (Å²) < 4.78 is 0. The van der Waals surface area contributed by atoms with E-state index in [1.807, 2.05) is 6.92 Å². The fraction of sp³-hybridized carbons (Fsp3) is 0.467. The van der Waals surface area contributed by atoms with E-state index in [2.05, 4.69) is 0 Å². The van der Waals surface area contributed by atoms with Crippen LogP contribution in [-0.2, 0) is 4.79 Å². The van der Waals surface area contributed by atoms with E-state index in [0.717, 1.165) is 24.8 Å². The molecule has 1 heterocycles. The van der Waals surface area contributed by atoms with Crippen LogP contribution in [-0.4, -0.2) is 39.6 Å². The van der Waals surface area contributed by atoms with Crippen LogP contribution in [0.5, 0.6) is 5.75 Å². The van der Waals surface area contributed by atoms with Crippen molar-refractivity contribution in [3.63, 3.8) is 0 Å². The monoisotopic (exact) mass is 277 g/mol. The summed E-state index contributed by atoms with van der Waals surface area (Å²) in [5, 5.41) is 19.2. The molecule has 2 rings (SSSR count). The smallest absolute Gasteiger partial charge is 0.326 e. The summed E-state index contributed by atoms with van der Waals surface area (Å²) in [5.41, 5.74) is 1.02. The van der Waals surface area contributed by atoms with Crippen LogP contribution in [0.2, 0.25) is 0 Å². The van der Waals surface area contributed by atoms with Crippen molar-refractivity contribution in [2.24, 2.45) is 0 Å². The number of aliphatic carboxylic acids is 1. The Morgan fingerprint density at radius 3 is 2.65 bits per heavy atom. The largest absolute Gasteiger partial charge is 0.507 e. The zero-order valence-electron chi connectivity index (χ0n) is 11.5. The number of hydrogen-bond donors (Lipinski definition) is 2. The molecule has 1 aromatic rings. The molecule has 0 aromatic heterocycles. The van der Waals surface area contributed by atoms with Gasteiger partial charge in [-0.2, -0.15) is 0 Å². The molecule has 0 radical (unpaired) electrons. The second kappa shape index (κ2) is 5.94. The van der Waals surface area contributed by atoms with E-state index in [-0.39, 0.29) is 11.3 Å². The van der Waals surface area contributed by atoms with Crippen molar-refractivity contribution in [3.8, 4) is 5.75 Å². The lowest BCUT2D eigenvalue weighted by molar-refractivity contribution is -0.142. The fourth-order valence-electron chi connectivity index (χ4n) is 2.59.